The molecule has 0 radical (unpaired) electrons. The van der Waals surface area contributed by atoms with Crippen molar-refractivity contribution in [3.8, 4) is 0 Å². The van der Waals surface area contributed by atoms with E-state index in [2.05, 4.69) is 4.90 Å². The predicted molar refractivity (Wildman–Crippen MR) is 51.3 cm³/mol. The van der Waals surface area contributed by atoms with Crippen LogP contribution in [0.2, 0.25) is 0 Å². The molecular weight excluding hydrogens is 174 g/mol. The van der Waals surface area contributed by atoms with E-state index in [9.17, 15) is 0 Å². The molecular formula is C9H16ClNO. The van der Waals surface area contributed by atoms with Gasteiger partial charge in [-0.3, -0.25) is 4.90 Å². The zero-order chi connectivity index (χ0) is 8.97. The first-order valence-electron chi connectivity index (χ1n) is 4.41. The van der Waals surface area contributed by atoms with Crippen molar-refractivity contribution < 1.29 is 5.11 Å². The Morgan fingerprint density at radius 2 is 2.50 bits per heavy atom. The summed E-state index contributed by atoms with van der Waals surface area (Å²) in [5, 5.41) is 9.84. The van der Waals surface area contributed by atoms with Gasteiger partial charge in [0.25, 0.3) is 0 Å². The molecule has 1 aliphatic rings. The lowest BCUT2D eigenvalue weighted by molar-refractivity contribution is 0.170. The molecule has 0 aliphatic carbocycles. The number of allylic oxidation sites excluding steroid dienone is 1. The number of rotatable bonds is 3. The first-order valence-corrected chi connectivity index (χ1v) is 4.79. The molecule has 1 fully saturated rings. The lowest BCUT2D eigenvalue weighted by Crippen LogP contribution is -2.32. The molecule has 70 valence electrons. The number of aliphatic hydroxyl groups excluding tert-OH is 1. The summed E-state index contributed by atoms with van der Waals surface area (Å²) in [6.45, 7) is 4.12. The van der Waals surface area contributed by atoms with Crippen molar-refractivity contribution in [1.82, 2.24) is 4.90 Å². The summed E-state index contributed by atoms with van der Waals surface area (Å²) in [4.78, 5) is 2.27. The Hall–Kier alpha value is -0.0500. The average molecular weight is 190 g/mol. The molecule has 1 N–H and O–H groups in total. The van der Waals surface area contributed by atoms with Crippen LogP contribution in [0.1, 0.15) is 19.8 Å². The molecule has 12 heavy (non-hydrogen) atoms. The van der Waals surface area contributed by atoms with Crippen LogP contribution in [0.25, 0.3) is 0 Å². The number of hydrogen-bond donors (Lipinski definition) is 1. The highest BCUT2D eigenvalue weighted by molar-refractivity contribution is 6.29. The third kappa shape index (κ3) is 2.77. The highest BCUT2D eigenvalue weighted by atomic mass is 35.5. The smallest absolute Gasteiger partial charge is 0.0587 e. The van der Waals surface area contributed by atoms with Gasteiger partial charge in [-0.25, -0.2) is 0 Å². The fourth-order valence-electron chi connectivity index (χ4n) is 1.59. The van der Waals surface area contributed by atoms with Crippen molar-refractivity contribution in [1.29, 1.82) is 0 Å². The summed E-state index contributed by atoms with van der Waals surface area (Å²) < 4.78 is 0. The summed E-state index contributed by atoms with van der Waals surface area (Å²) in [6.07, 6.45) is 4.31. The molecule has 0 aromatic rings. The van der Waals surface area contributed by atoms with E-state index in [4.69, 9.17) is 16.7 Å². The third-order valence-electron chi connectivity index (χ3n) is 2.32. The highest BCUT2D eigenvalue weighted by Gasteiger charge is 2.21. The van der Waals surface area contributed by atoms with Crippen molar-refractivity contribution in [3.05, 3.63) is 11.1 Å². The van der Waals surface area contributed by atoms with E-state index in [-0.39, 0.29) is 6.61 Å². The first-order chi connectivity index (χ1) is 5.74. The predicted octanol–water partition coefficient (Wildman–Crippen LogP) is 1.59. The minimum atomic E-state index is 0.273. The molecule has 0 amide bonds. The normalized spacial score (nSPS) is 26.6. The molecule has 1 atom stereocenters. The number of halogens is 1. The van der Waals surface area contributed by atoms with Gasteiger partial charge in [0.05, 0.1) is 6.61 Å². The molecule has 2 nitrogen and oxygen atoms in total. The van der Waals surface area contributed by atoms with Crippen LogP contribution in [0.4, 0.5) is 0 Å². The van der Waals surface area contributed by atoms with Gasteiger partial charge in [0.1, 0.15) is 0 Å². The van der Waals surface area contributed by atoms with E-state index in [1.165, 1.54) is 6.42 Å². The Bertz CT molecular complexity index is 166. The van der Waals surface area contributed by atoms with Crippen molar-refractivity contribution in [3.63, 3.8) is 0 Å². The lowest BCUT2D eigenvalue weighted by atomic mass is 10.2. The molecule has 0 spiro atoms. The van der Waals surface area contributed by atoms with Gasteiger partial charge in [0, 0.05) is 17.6 Å². The van der Waals surface area contributed by atoms with Gasteiger partial charge in [-0.05, 0) is 26.3 Å². The van der Waals surface area contributed by atoms with Gasteiger partial charge in [0.2, 0.25) is 0 Å². The van der Waals surface area contributed by atoms with Crippen molar-refractivity contribution >= 4 is 11.6 Å². The number of likely N-dealkylation sites (tertiary alicyclic amines) is 1. The molecule has 1 saturated heterocycles. The largest absolute Gasteiger partial charge is 0.395 e. The van der Waals surface area contributed by atoms with Gasteiger partial charge in [-0.2, -0.15) is 0 Å². The molecule has 0 aromatic heterocycles. The number of hydrogen-bond acceptors (Lipinski definition) is 2. The molecule has 0 bridgehead atoms. The Morgan fingerprint density at radius 3 is 3.08 bits per heavy atom. The van der Waals surface area contributed by atoms with E-state index in [0.717, 1.165) is 24.5 Å². The van der Waals surface area contributed by atoms with Crippen molar-refractivity contribution in [2.45, 2.75) is 25.8 Å². The van der Waals surface area contributed by atoms with Crippen LogP contribution in [0.3, 0.4) is 0 Å². The van der Waals surface area contributed by atoms with Crippen LogP contribution in [0, 0.1) is 0 Å². The Morgan fingerprint density at radius 1 is 1.75 bits per heavy atom. The number of aliphatic hydroxyl groups is 1. The zero-order valence-corrected chi connectivity index (χ0v) is 8.22. The van der Waals surface area contributed by atoms with E-state index in [1.54, 1.807) is 0 Å². The monoisotopic (exact) mass is 189 g/mol. The summed E-state index contributed by atoms with van der Waals surface area (Å²) in [5.74, 6) is 0. The van der Waals surface area contributed by atoms with Crippen LogP contribution < -0.4 is 0 Å². The maximum absolute atomic E-state index is 9.01. The first kappa shape index (κ1) is 10.0. The van der Waals surface area contributed by atoms with Crippen molar-refractivity contribution in [2.24, 2.45) is 0 Å². The fraction of sp³-hybridized carbons (Fsp3) is 0.778. The summed E-state index contributed by atoms with van der Waals surface area (Å²) in [5.41, 5.74) is 0. The van der Waals surface area contributed by atoms with E-state index < -0.39 is 0 Å². The van der Waals surface area contributed by atoms with Crippen LogP contribution in [0.5, 0.6) is 0 Å². The van der Waals surface area contributed by atoms with Gasteiger partial charge in [0.15, 0.2) is 0 Å². The fourth-order valence-corrected chi connectivity index (χ4v) is 1.65. The molecule has 0 saturated carbocycles. The van der Waals surface area contributed by atoms with E-state index in [0.29, 0.717) is 6.04 Å². The Labute approximate surface area is 78.8 Å². The lowest BCUT2D eigenvalue weighted by Gasteiger charge is -2.20. The quantitative estimate of drug-likeness (QED) is 0.729. The van der Waals surface area contributed by atoms with Gasteiger partial charge < -0.3 is 5.11 Å². The third-order valence-corrected chi connectivity index (χ3v) is 2.47. The molecule has 1 unspecified atom stereocenters. The minimum absolute atomic E-state index is 0.273. The summed E-state index contributed by atoms with van der Waals surface area (Å²) >= 11 is 5.72. The second-order valence-corrected chi connectivity index (χ2v) is 3.86. The van der Waals surface area contributed by atoms with Crippen LogP contribution in [-0.2, 0) is 0 Å². The zero-order valence-electron chi connectivity index (χ0n) is 7.46. The van der Waals surface area contributed by atoms with Crippen molar-refractivity contribution in [2.75, 3.05) is 19.7 Å². The topological polar surface area (TPSA) is 23.5 Å². The Kier molecular flexibility index (Phi) is 4.06. The summed E-state index contributed by atoms with van der Waals surface area (Å²) in [7, 11) is 0. The standard InChI is InChI=1S/C9H16ClNO/c1-8(10)4-6-11-5-2-3-9(11)7-12/h4,9,12H,2-3,5-7H2,1H3/b8-4-. The van der Waals surface area contributed by atoms with Gasteiger partial charge in [-0.15, -0.1) is 0 Å². The highest BCUT2D eigenvalue weighted by Crippen LogP contribution is 2.16. The average Bonchev–Trinajstić information content (AvgIpc) is 2.47. The molecule has 1 rings (SSSR count). The van der Waals surface area contributed by atoms with Crippen LogP contribution in [-0.4, -0.2) is 35.7 Å². The molecule has 3 heteroatoms. The summed E-state index contributed by atoms with van der Waals surface area (Å²) in [6, 6.07) is 0.359. The minimum Gasteiger partial charge on any atom is -0.395 e. The number of nitrogens with zero attached hydrogens (tertiary/aromatic N) is 1. The maximum Gasteiger partial charge on any atom is 0.0587 e. The molecule has 1 heterocycles. The SMILES string of the molecule is C/C(Cl)=C/CN1CCCC1CO. The second-order valence-electron chi connectivity index (χ2n) is 3.26. The second kappa shape index (κ2) is 4.85. The maximum atomic E-state index is 9.01. The molecule has 1 aliphatic heterocycles. The molecule has 0 aromatic carbocycles. The van der Waals surface area contributed by atoms with Gasteiger partial charge >= 0.3 is 0 Å². The van der Waals surface area contributed by atoms with Gasteiger partial charge in [-0.1, -0.05) is 17.7 Å². The van der Waals surface area contributed by atoms with Crippen LogP contribution in [0.15, 0.2) is 11.1 Å². The Balaban J connectivity index is 2.35. The van der Waals surface area contributed by atoms with E-state index >= 15 is 0 Å². The van der Waals surface area contributed by atoms with Crippen LogP contribution >= 0.6 is 11.6 Å². The van der Waals surface area contributed by atoms with E-state index in [1.807, 2.05) is 13.0 Å².